The minimum Gasteiger partial charge on any atom is -0.399 e. The van der Waals surface area contributed by atoms with E-state index in [1.807, 2.05) is 49.3 Å². The van der Waals surface area contributed by atoms with Gasteiger partial charge < -0.3 is 27.0 Å². The van der Waals surface area contributed by atoms with Crippen molar-refractivity contribution in [2.45, 2.75) is 35.5 Å². The second-order valence-electron chi connectivity index (χ2n) is 14.2. The Balaban J connectivity index is 1.25. The predicted molar refractivity (Wildman–Crippen MR) is 236 cm³/mol. The summed E-state index contributed by atoms with van der Waals surface area (Å²) >= 11 is 0. The molecule has 0 aliphatic heterocycles. The van der Waals surface area contributed by atoms with E-state index in [2.05, 4.69) is 20.1 Å². The maximum absolute atomic E-state index is 13.9. The SMILES string of the molecule is CN(C)c1c(Cc2ccc(C(=O)Nc3c(NS(=O)(=O)c4ccc5ccccc5c4)cccc3C(=O)NCCCCCN)cc2)cccc1NS(=O)(=O)c1cccc(N)c1. The maximum Gasteiger partial charge on any atom is 0.262 e. The number of anilines is 5. The lowest BCUT2D eigenvalue weighted by atomic mass is 10.0. The first-order valence-electron chi connectivity index (χ1n) is 19.0. The molecular formula is C44H47N7O6S2. The summed E-state index contributed by atoms with van der Waals surface area (Å²) in [5.74, 6) is -1.05. The number of hydrogen-bond donors (Lipinski definition) is 6. The number of nitrogens with one attached hydrogen (secondary N) is 4. The second-order valence-corrected chi connectivity index (χ2v) is 17.5. The number of sulfonamides is 2. The van der Waals surface area contributed by atoms with Crippen LogP contribution in [0.15, 0.2) is 137 Å². The van der Waals surface area contributed by atoms with Crippen molar-refractivity contribution in [2.24, 2.45) is 5.73 Å². The van der Waals surface area contributed by atoms with Gasteiger partial charge in [-0.15, -0.1) is 0 Å². The summed E-state index contributed by atoms with van der Waals surface area (Å²) in [6.07, 6.45) is 2.74. The first-order valence-corrected chi connectivity index (χ1v) is 21.9. The monoisotopic (exact) mass is 833 g/mol. The number of amides is 2. The molecule has 0 fully saturated rings. The van der Waals surface area contributed by atoms with Crippen LogP contribution in [0.25, 0.3) is 10.8 Å². The molecular weight excluding hydrogens is 787 g/mol. The third-order valence-corrected chi connectivity index (χ3v) is 12.3. The van der Waals surface area contributed by atoms with Crippen LogP contribution in [0.2, 0.25) is 0 Å². The van der Waals surface area contributed by atoms with Crippen molar-refractivity contribution in [3.63, 3.8) is 0 Å². The third-order valence-electron chi connectivity index (χ3n) is 9.58. The summed E-state index contributed by atoms with van der Waals surface area (Å²) < 4.78 is 59.4. The first kappa shape index (κ1) is 42.2. The first-order chi connectivity index (χ1) is 28.3. The van der Waals surface area contributed by atoms with E-state index < -0.39 is 31.9 Å². The van der Waals surface area contributed by atoms with E-state index in [0.29, 0.717) is 43.0 Å². The van der Waals surface area contributed by atoms with Gasteiger partial charge in [0.15, 0.2) is 0 Å². The van der Waals surface area contributed by atoms with Gasteiger partial charge >= 0.3 is 0 Å². The fourth-order valence-electron chi connectivity index (χ4n) is 6.65. The van der Waals surface area contributed by atoms with Gasteiger partial charge in [0.25, 0.3) is 31.9 Å². The van der Waals surface area contributed by atoms with Gasteiger partial charge in [-0.05, 0) is 108 Å². The van der Waals surface area contributed by atoms with Gasteiger partial charge in [-0.3, -0.25) is 19.0 Å². The molecule has 0 bridgehead atoms. The van der Waals surface area contributed by atoms with Crippen LogP contribution in [-0.2, 0) is 26.5 Å². The van der Waals surface area contributed by atoms with Crippen LogP contribution in [0.1, 0.15) is 51.1 Å². The molecule has 2 amide bonds. The van der Waals surface area contributed by atoms with Crippen LogP contribution in [0.5, 0.6) is 0 Å². The number of para-hydroxylation sites is 2. The fraction of sp³-hybridized carbons (Fsp3) is 0.182. The molecule has 59 heavy (non-hydrogen) atoms. The van der Waals surface area contributed by atoms with Gasteiger partial charge in [-0.25, -0.2) is 16.8 Å². The van der Waals surface area contributed by atoms with Crippen molar-refractivity contribution in [1.82, 2.24) is 5.32 Å². The van der Waals surface area contributed by atoms with Crippen LogP contribution in [0.4, 0.5) is 28.4 Å². The Kier molecular flexibility index (Phi) is 13.2. The van der Waals surface area contributed by atoms with Crippen LogP contribution in [-0.4, -0.2) is 55.8 Å². The van der Waals surface area contributed by atoms with E-state index in [1.54, 1.807) is 66.7 Å². The molecule has 0 unspecified atom stereocenters. The highest BCUT2D eigenvalue weighted by Crippen LogP contribution is 2.34. The lowest BCUT2D eigenvalue weighted by Crippen LogP contribution is -2.27. The summed E-state index contributed by atoms with van der Waals surface area (Å²) in [4.78, 5) is 29.3. The highest BCUT2D eigenvalue weighted by Gasteiger charge is 2.23. The van der Waals surface area contributed by atoms with E-state index >= 15 is 0 Å². The number of benzene rings is 6. The number of unbranched alkanes of at least 4 members (excludes halogenated alkanes) is 2. The molecule has 0 spiro atoms. The molecule has 0 saturated carbocycles. The summed E-state index contributed by atoms with van der Waals surface area (Å²) in [7, 11) is -4.47. The summed E-state index contributed by atoms with van der Waals surface area (Å²) in [6, 6.07) is 34.9. The summed E-state index contributed by atoms with van der Waals surface area (Å²) in [6.45, 7) is 0.914. The lowest BCUT2D eigenvalue weighted by Gasteiger charge is -2.22. The number of nitrogen functional groups attached to an aromatic ring is 1. The second kappa shape index (κ2) is 18.4. The van der Waals surface area contributed by atoms with Crippen molar-refractivity contribution >= 4 is 71.1 Å². The molecule has 6 aromatic rings. The number of nitrogens with two attached hydrogens (primary N) is 2. The Labute approximate surface area is 344 Å². The average molecular weight is 834 g/mol. The molecule has 0 heterocycles. The zero-order valence-electron chi connectivity index (χ0n) is 32.7. The van der Waals surface area contributed by atoms with Gasteiger partial charge in [0, 0.05) is 31.9 Å². The number of fused-ring (bicyclic) bond motifs is 1. The van der Waals surface area contributed by atoms with Gasteiger partial charge in [0.05, 0.1) is 38.1 Å². The zero-order valence-corrected chi connectivity index (χ0v) is 34.4. The Hall–Kier alpha value is -6.42. The van der Waals surface area contributed by atoms with Crippen LogP contribution in [0, 0.1) is 0 Å². The smallest absolute Gasteiger partial charge is 0.262 e. The Morgan fingerprint density at radius 1 is 0.644 bits per heavy atom. The Bertz CT molecular complexity index is 2710. The molecule has 6 rings (SSSR count). The summed E-state index contributed by atoms with van der Waals surface area (Å²) in [5, 5.41) is 7.29. The number of carbonyl (C=O) groups is 2. The summed E-state index contributed by atoms with van der Waals surface area (Å²) in [5.41, 5.74) is 14.8. The van der Waals surface area contributed by atoms with Crippen molar-refractivity contribution < 1.29 is 26.4 Å². The number of carbonyl (C=O) groups excluding carboxylic acids is 2. The molecule has 0 atom stereocenters. The zero-order chi connectivity index (χ0) is 42.2. The lowest BCUT2D eigenvalue weighted by molar-refractivity contribution is 0.0953. The topological polar surface area (TPSA) is 206 Å². The Morgan fingerprint density at radius 3 is 2.02 bits per heavy atom. The normalized spacial score (nSPS) is 11.5. The van der Waals surface area contributed by atoms with Gasteiger partial charge in [0.2, 0.25) is 0 Å². The standard InChI is InChI=1S/C44H47N7O6S2/c1-51(2)42-34(13-8-18-40(42)50-58(54,55)36-15-9-14-35(46)29-36)27-30-19-21-32(22-20-30)43(52)48-41-38(44(53)47-26-7-3-6-25-45)16-10-17-39(41)49-59(56,57)37-24-23-31-11-4-5-12-33(31)28-37/h4-5,8-24,28-29,49-50H,3,6-7,25-27,45-46H2,1-2H3,(H,47,53)(H,48,52). The molecule has 0 aliphatic rings. The van der Waals surface area contributed by atoms with Gasteiger partial charge in [-0.2, -0.15) is 0 Å². The van der Waals surface area contributed by atoms with E-state index in [-0.39, 0.29) is 32.3 Å². The molecule has 0 aliphatic carbocycles. The van der Waals surface area contributed by atoms with Crippen molar-refractivity contribution in [1.29, 1.82) is 0 Å². The third kappa shape index (κ3) is 10.4. The largest absolute Gasteiger partial charge is 0.399 e. The molecule has 0 saturated heterocycles. The number of nitrogens with zero attached hydrogens (tertiary/aromatic N) is 1. The van der Waals surface area contributed by atoms with Crippen molar-refractivity contribution in [3.05, 3.63) is 150 Å². The minimum absolute atomic E-state index is 0.00141. The highest BCUT2D eigenvalue weighted by molar-refractivity contribution is 7.93. The van der Waals surface area contributed by atoms with Crippen LogP contribution in [0.3, 0.4) is 0 Å². The predicted octanol–water partition coefficient (Wildman–Crippen LogP) is 6.79. The van der Waals surface area contributed by atoms with Gasteiger partial charge in [0.1, 0.15) is 0 Å². The van der Waals surface area contributed by atoms with Crippen LogP contribution >= 0.6 is 0 Å². The maximum atomic E-state index is 13.9. The molecule has 306 valence electrons. The van der Waals surface area contributed by atoms with E-state index in [1.165, 1.54) is 30.3 Å². The van der Waals surface area contributed by atoms with E-state index in [0.717, 1.165) is 34.7 Å². The van der Waals surface area contributed by atoms with Crippen molar-refractivity contribution in [2.75, 3.05) is 52.6 Å². The fourth-order valence-corrected chi connectivity index (χ4v) is 8.88. The molecule has 0 radical (unpaired) electrons. The molecule has 6 aromatic carbocycles. The highest BCUT2D eigenvalue weighted by atomic mass is 32.2. The quantitative estimate of drug-likeness (QED) is 0.0422. The molecule has 8 N–H and O–H groups in total. The molecule has 13 nitrogen and oxygen atoms in total. The van der Waals surface area contributed by atoms with E-state index in [9.17, 15) is 26.4 Å². The molecule has 15 heteroatoms. The number of hydrogen-bond acceptors (Lipinski definition) is 9. The van der Waals surface area contributed by atoms with Crippen molar-refractivity contribution in [3.8, 4) is 0 Å². The average Bonchev–Trinajstić information content (AvgIpc) is 3.21. The Morgan fingerprint density at radius 2 is 1.31 bits per heavy atom. The van der Waals surface area contributed by atoms with Gasteiger partial charge in [-0.1, -0.05) is 73.2 Å². The minimum atomic E-state index is -4.16. The van der Waals surface area contributed by atoms with E-state index in [4.69, 9.17) is 11.5 Å². The molecule has 0 aromatic heterocycles. The number of rotatable bonds is 17. The van der Waals surface area contributed by atoms with Crippen LogP contribution < -0.4 is 36.4 Å².